The number of hydrogen-bond acceptors (Lipinski definition) is 10. The van der Waals surface area contributed by atoms with Gasteiger partial charge in [-0.2, -0.15) is 0 Å². The number of phenols is 1. The van der Waals surface area contributed by atoms with Gasteiger partial charge in [0.25, 0.3) is 5.91 Å². The maximum Gasteiger partial charge on any atom is 0.255 e. The maximum atomic E-state index is 12.6. The van der Waals surface area contributed by atoms with Gasteiger partial charge in [-0.15, -0.1) is 11.3 Å². The molecule has 1 atom stereocenters. The van der Waals surface area contributed by atoms with Crippen molar-refractivity contribution in [3.8, 4) is 27.7 Å². The van der Waals surface area contributed by atoms with Gasteiger partial charge in [-0.1, -0.05) is 64.5 Å². The van der Waals surface area contributed by atoms with Crippen molar-refractivity contribution in [1.82, 2.24) is 4.90 Å². The smallest absolute Gasteiger partial charge is 0.255 e. The van der Waals surface area contributed by atoms with Gasteiger partial charge in [-0.25, -0.2) is 0 Å². The van der Waals surface area contributed by atoms with Gasteiger partial charge in [0.15, 0.2) is 5.78 Å². The minimum atomic E-state index is -0.511. The molecule has 5 aromatic rings. The molecule has 3 N–H and O–H groups in total. The number of thiophene rings is 1. The second kappa shape index (κ2) is 19.3. The third-order valence-electron chi connectivity index (χ3n) is 8.25. The SMILES string of the molecule is O=C1CCC(N2Cc3cc(OCCOCCOCCO)ccc3C2=O)C(=O)C1.Oc1ccc2c(O)c(-c3ccc(Br)cc3)sc2c1.c1ccccc1. The average Bonchev–Trinajstić information content (AvgIpc) is 3.65. The Morgan fingerprint density at radius 3 is 2.15 bits per heavy atom. The highest BCUT2D eigenvalue weighted by molar-refractivity contribution is 9.10. The van der Waals surface area contributed by atoms with E-state index in [9.17, 15) is 24.6 Å². The van der Waals surface area contributed by atoms with Crippen molar-refractivity contribution < 1.29 is 43.9 Å². The Balaban J connectivity index is 0.000000184. The molecule has 1 saturated carbocycles. The minimum Gasteiger partial charge on any atom is -0.508 e. The van der Waals surface area contributed by atoms with Crippen LogP contribution in [0.4, 0.5) is 0 Å². The summed E-state index contributed by atoms with van der Waals surface area (Å²) >= 11 is 4.86. The van der Waals surface area contributed by atoms with Crippen molar-refractivity contribution in [3.63, 3.8) is 0 Å². The highest BCUT2D eigenvalue weighted by Gasteiger charge is 2.39. The number of nitrogens with zero attached hydrogens (tertiary/aromatic N) is 1. The molecular formula is C40H40BrNO9S. The fourth-order valence-corrected chi connectivity index (χ4v) is 7.11. The molecule has 10 nitrogen and oxygen atoms in total. The van der Waals surface area contributed by atoms with E-state index < -0.39 is 6.04 Å². The number of ether oxygens (including phenoxy) is 3. The lowest BCUT2D eigenvalue weighted by Gasteiger charge is -2.29. The molecule has 272 valence electrons. The molecule has 1 fully saturated rings. The van der Waals surface area contributed by atoms with E-state index >= 15 is 0 Å². The van der Waals surface area contributed by atoms with Crippen LogP contribution in [0.25, 0.3) is 20.5 Å². The largest absolute Gasteiger partial charge is 0.508 e. The molecule has 12 heteroatoms. The van der Waals surface area contributed by atoms with Crippen molar-refractivity contribution >= 4 is 54.8 Å². The average molecular weight is 791 g/mol. The molecule has 0 spiro atoms. The normalized spacial score (nSPS) is 15.1. The summed E-state index contributed by atoms with van der Waals surface area (Å²) in [5.41, 5.74) is 2.37. The number of halogens is 1. The molecule has 1 amide bonds. The third kappa shape index (κ3) is 10.5. The third-order valence-corrected chi connectivity index (χ3v) is 9.97. The fourth-order valence-electron chi connectivity index (χ4n) is 5.71. The Bertz CT molecular complexity index is 1920. The number of phenolic OH excluding ortho intramolecular Hbond substituents is 1. The molecule has 1 aromatic heterocycles. The molecule has 52 heavy (non-hydrogen) atoms. The summed E-state index contributed by atoms with van der Waals surface area (Å²) in [5, 5.41) is 29.0. The Hall–Kier alpha value is -4.59. The van der Waals surface area contributed by atoms with Gasteiger partial charge in [0.05, 0.1) is 50.4 Å². The number of amides is 1. The zero-order valence-electron chi connectivity index (χ0n) is 28.4. The fraction of sp³-hybridized carbons (Fsp3) is 0.275. The molecule has 1 aliphatic heterocycles. The first kappa shape index (κ1) is 38.6. The van der Waals surface area contributed by atoms with Gasteiger partial charge in [-0.3, -0.25) is 14.4 Å². The van der Waals surface area contributed by atoms with Crippen molar-refractivity contribution in [2.75, 3.05) is 39.6 Å². The van der Waals surface area contributed by atoms with Crippen molar-refractivity contribution in [2.24, 2.45) is 0 Å². The minimum absolute atomic E-state index is 0.00555. The Kier molecular flexibility index (Phi) is 14.3. The van der Waals surface area contributed by atoms with Crippen molar-refractivity contribution in [1.29, 1.82) is 0 Å². The van der Waals surface area contributed by atoms with Crippen LogP contribution in [0.1, 0.15) is 35.2 Å². The molecule has 1 aliphatic carbocycles. The lowest BCUT2D eigenvalue weighted by molar-refractivity contribution is -0.133. The number of benzene rings is 4. The van der Waals surface area contributed by atoms with E-state index in [-0.39, 0.29) is 42.0 Å². The lowest BCUT2D eigenvalue weighted by Crippen LogP contribution is -2.44. The van der Waals surface area contributed by atoms with Crippen LogP contribution < -0.4 is 4.74 Å². The first-order chi connectivity index (χ1) is 25.2. The lowest BCUT2D eigenvalue weighted by atomic mass is 9.92. The molecule has 7 rings (SSSR count). The second-order valence-corrected chi connectivity index (χ2v) is 13.9. The number of fused-ring (bicyclic) bond motifs is 2. The topological polar surface area (TPSA) is 143 Å². The standard InChI is InChI=1S/C20H25NO7.C14H9BrO2S.C6H6/c22-5-6-26-7-8-27-9-10-28-16-2-3-17-14(11-16)13-21(20(17)25)18-4-1-15(23)12-19(18)24;15-9-3-1-8(2-4-9)14-13(17)11-6-5-10(16)7-12(11)18-14;1-2-4-6-5-3-1/h2-3,11,18,22H,1,4-10,12-13H2;1-7,16-17H;1-6H. The van der Waals surface area contributed by atoms with Gasteiger partial charge >= 0.3 is 0 Å². The highest BCUT2D eigenvalue weighted by atomic mass is 79.9. The Morgan fingerprint density at radius 2 is 1.48 bits per heavy atom. The highest BCUT2D eigenvalue weighted by Crippen LogP contribution is 2.44. The number of carbonyl (C=O) groups is 3. The van der Waals surface area contributed by atoms with E-state index in [1.54, 1.807) is 35.2 Å². The summed E-state index contributed by atoms with van der Waals surface area (Å²) in [6.07, 6.45) is 0.667. The number of aromatic hydroxyl groups is 2. The van der Waals surface area contributed by atoms with Crippen LogP contribution in [0.5, 0.6) is 17.2 Å². The van der Waals surface area contributed by atoms with Crippen LogP contribution in [-0.4, -0.2) is 83.4 Å². The molecule has 0 radical (unpaired) electrons. The predicted molar refractivity (Wildman–Crippen MR) is 203 cm³/mol. The predicted octanol–water partition coefficient (Wildman–Crippen LogP) is 7.17. The zero-order chi connectivity index (χ0) is 36.9. The van der Waals surface area contributed by atoms with Crippen LogP contribution >= 0.6 is 27.3 Å². The number of Topliss-reactive ketones (excluding diaryl/α,β-unsaturated/α-hetero) is 2. The molecule has 4 aromatic carbocycles. The number of carbonyl (C=O) groups excluding carboxylic acids is 3. The van der Waals surface area contributed by atoms with Crippen LogP contribution in [0, 0.1) is 0 Å². The van der Waals surface area contributed by atoms with Gasteiger partial charge in [0.1, 0.15) is 29.6 Å². The summed E-state index contributed by atoms with van der Waals surface area (Å²) in [6, 6.07) is 29.5. The summed E-state index contributed by atoms with van der Waals surface area (Å²) in [6.45, 7) is 2.25. The molecule has 2 aliphatic rings. The monoisotopic (exact) mass is 789 g/mol. The van der Waals surface area contributed by atoms with Crippen LogP contribution in [0.2, 0.25) is 0 Å². The summed E-state index contributed by atoms with van der Waals surface area (Å²) in [7, 11) is 0. The summed E-state index contributed by atoms with van der Waals surface area (Å²) in [5.74, 6) is 0.736. The van der Waals surface area contributed by atoms with Gasteiger partial charge in [-0.05, 0) is 66.1 Å². The number of hydrogen-bond donors (Lipinski definition) is 3. The summed E-state index contributed by atoms with van der Waals surface area (Å²) in [4.78, 5) is 38.6. The van der Waals surface area contributed by atoms with Gasteiger partial charge in [0.2, 0.25) is 0 Å². The van der Waals surface area contributed by atoms with E-state index in [1.165, 1.54) is 11.3 Å². The Morgan fingerprint density at radius 1 is 0.808 bits per heavy atom. The van der Waals surface area contributed by atoms with Crippen LogP contribution in [0.3, 0.4) is 0 Å². The number of aliphatic hydroxyl groups excluding tert-OH is 1. The number of rotatable bonds is 11. The van der Waals surface area contributed by atoms with E-state index in [2.05, 4.69) is 15.9 Å². The zero-order valence-corrected chi connectivity index (χ0v) is 30.8. The second-order valence-electron chi connectivity index (χ2n) is 11.9. The summed E-state index contributed by atoms with van der Waals surface area (Å²) < 4.78 is 18.0. The number of aliphatic hydroxyl groups is 1. The Labute approximate surface area is 314 Å². The number of ketones is 2. The van der Waals surface area contributed by atoms with Gasteiger partial charge < -0.3 is 34.4 Å². The van der Waals surface area contributed by atoms with E-state index in [1.807, 2.05) is 66.7 Å². The molecule has 0 saturated heterocycles. The molecular weight excluding hydrogens is 750 g/mol. The van der Waals surface area contributed by atoms with E-state index in [0.717, 1.165) is 30.6 Å². The van der Waals surface area contributed by atoms with E-state index in [4.69, 9.17) is 19.3 Å². The van der Waals surface area contributed by atoms with E-state index in [0.29, 0.717) is 63.7 Å². The first-order valence-corrected chi connectivity index (χ1v) is 18.4. The first-order valence-electron chi connectivity index (χ1n) is 16.8. The van der Waals surface area contributed by atoms with Crippen molar-refractivity contribution in [3.05, 3.63) is 113 Å². The molecule has 1 unspecified atom stereocenters. The maximum absolute atomic E-state index is 12.6. The van der Waals surface area contributed by atoms with Gasteiger partial charge in [0, 0.05) is 33.1 Å². The quantitative estimate of drug-likeness (QED) is 0.0938. The van der Waals surface area contributed by atoms with Crippen LogP contribution in [-0.2, 0) is 25.6 Å². The van der Waals surface area contributed by atoms with Crippen molar-refractivity contribution in [2.45, 2.75) is 31.8 Å². The molecule has 2 heterocycles. The van der Waals surface area contributed by atoms with Crippen LogP contribution in [0.15, 0.2) is 102 Å². The molecule has 0 bridgehead atoms.